The van der Waals surface area contributed by atoms with E-state index in [-0.39, 0.29) is 11.9 Å². The fraction of sp³-hybridized carbons (Fsp3) is 0.231. The van der Waals surface area contributed by atoms with Gasteiger partial charge in [0.15, 0.2) is 0 Å². The van der Waals surface area contributed by atoms with Crippen LogP contribution in [0.25, 0.3) is 0 Å². The summed E-state index contributed by atoms with van der Waals surface area (Å²) in [6, 6.07) is 21.7. The van der Waals surface area contributed by atoms with Crippen molar-refractivity contribution in [2.75, 3.05) is 18.6 Å². The molecule has 3 aromatic carbocycles. The van der Waals surface area contributed by atoms with Gasteiger partial charge in [0.25, 0.3) is 5.91 Å². The quantitative estimate of drug-likeness (QED) is 0.400. The van der Waals surface area contributed by atoms with Crippen LogP contribution in [0.2, 0.25) is 0 Å². The minimum atomic E-state index is -0.697. The summed E-state index contributed by atoms with van der Waals surface area (Å²) in [7, 11) is 1.61. The molecule has 32 heavy (non-hydrogen) atoms. The zero-order valence-corrected chi connectivity index (χ0v) is 18.3. The molecule has 1 amide bonds. The minimum absolute atomic E-state index is 0.159. The van der Waals surface area contributed by atoms with Crippen molar-refractivity contribution >= 4 is 17.6 Å². The number of para-hydroxylation sites is 2. The van der Waals surface area contributed by atoms with Crippen LogP contribution in [0.15, 0.2) is 72.8 Å². The van der Waals surface area contributed by atoms with Crippen LogP contribution in [0.3, 0.4) is 0 Å². The number of amides is 1. The molecule has 1 aliphatic heterocycles. The zero-order valence-electron chi connectivity index (χ0n) is 18.3. The van der Waals surface area contributed by atoms with Crippen molar-refractivity contribution in [3.05, 3.63) is 89.5 Å². The van der Waals surface area contributed by atoms with E-state index in [0.29, 0.717) is 29.4 Å². The number of carbonyl (C=O) groups is 2. The van der Waals surface area contributed by atoms with Crippen molar-refractivity contribution in [1.82, 2.24) is 0 Å². The van der Waals surface area contributed by atoms with E-state index >= 15 is 0 Å². The summed E-state index contributed by atoms with van der Waals surface area (Å²) >= 11 is 0. The maximum absolute atomic E-state index is 13.3. The molecule has 6 heteroatoms. The second-order valence-corrected chi connectivity index (χ2v) is 7.47. The van der Waals surface area contributed by atoms with Crippen molar-refractivity contribution in [3.63, 3.8) is 0 Å². The first kappa shape index (κ1) is 21.4. The van der Waals surface area contributed by atoms with Crippen molar-refractivity contribution in [2.24, 2.45) is 0 Å². The largest absolute Gasteiger partial charge is 0.496 e. The number of benzene rings is 3. The first-order valence-electron chi connectivity index (χ1n) is 10.5. The van der Waals surface area contributed by atoms with Gasteiger partial charge in [-0.3, -0.25) is 9.69 Å². The van der Waals surface area contributed by atoms with E-state index < -0.39 is 12.1 Å². The van der Waals surface area contributed by atoms with Gasteiger partial charge in [0, 0.05) is 11.3 Å². The molecule has 0 bridgehead atoms. The van der Waals surface area contributed by atoms with Crippen LogP contribution in [-0.2, 0) is 9.53 Å². The molecule has 1 heterocycles. The molecule has 0 aliphatic carbocycles. The van der Waals surface area contributed by atoms with Gasteiger partial charge in [0.05, 0.1) is 19.3 Å². The number of rotatable bonds is 7. The van der Waals surface area contributed by atoms with E-state index in [2.05, 4.69) is 0 Å². The molecule has 1 saturated heterocycles. The lowest BCUT2D eigenvalue weighted by Crippen LogP contribution is -2.61. The van der Waals surface area contributed by atoms with Crippen molar-refractivity contribution in [1.29, 1.82) is 0 Å². The highest BCUT2D eigenvalue weighted by atomic mass is 16.5. The van der Waals surface area contributed by atoms with Gasteiger partial charge in [-0.1, -0.05) is 36.4 Å². The van der Waals surface area contributed by atoms with Gasteiger partial charge >= 0.3 is 5.97 Å². The topological polar surface area (TPSA) is 65.1 Å². The number of nitrogens with zero attached hydrogens (tertiary/aromatic N) is 1. The number of aryl methyl sites for hydroxylation is 1. The third kappa shape index (κ3) is 3.91. The molecule has 0 radical (unpaired) electrons. The fourth-order valence-corrected chi connectivity index (χ4v) is 3.88. The molecular weight excluding hydrogens is 406 g/mol. The molecule has 2 atom stereocenters. The summed E-state index contributed by atoms with van der Waals surface area (Å²) in [6.45, 7) is 4.01. The summed E-state index contributed by atoms with van der Waals surface area (Å²) in [5.74, 6) is 0.795. The third-order valence-electron chi connectivity index (χ3n) is 5.51. The third-order valence-corrected chi connectivity index (χ3v) is 5.51. The average Bonchev–Trinajstić information content (AvgIpc) is 2.82. The summed E-state index contributed by atoms with van der Waals surface area (Å²) in [4.78, 5) is 26.9. The van der Waals surface area contributed by atoms with Crippen LogP contribution in [0.1, 0.15) is 34.5 Å². The molecule has 3 aromatic rings. The van der Waals surface area contributed by atoms with E-state index in [9.17, 15) is 9.59 Å². The standard InChI is InChI=1S/C26H25NO5/c1-4-31-26(29)18-13-15-19(16-14-18)27-23(20-10-6-8-12-22(20)30-3)24(25(27)28)32-21-11-7-5-9-17(21)2/h5-16,23-24H,4H2,1-3H3/t23-,24+/m0/s1. The maximum Gasteiger partial charge on any atom is 0.338 e. The van der Waals surface area contributed by atoms with Gasteiger partial charge in [0.2, 0.25) is 6.10 Å². The highest BCUT2D eigenvalue weighted by Gasteiger charge is 2.52. The second-order valence-electron chi connectivity index (χ2n) is 7.47. The normalized spacial score (nSPS) is 17.5. The van der Waals surface area contributed by atoms with Crippen LogP contribution in [0.4, 0.5) is 5.69 Å². The lowest BCUT2D eigenvalue weighted by molar-refractivity contribution is -0.135. The molecule has 0 aromatic heterocycles. The smallest absolute Gasteiger partial charge is 0.338 e. The van der Waals surface area contributed by atoms with E-state index in [4.69, 9.17) is 14.2 Å². The molecule has 0 N–H and O–H groups in total. The molecule has 0 saturated carbocycles. The average molecular weight is 431 g/mol. The van der Waals surface area contributed by atoms with Gasteiger partial charge in [-0.2, -0.15) is 0 Å². The summed E-state index contributed by atoms with van der Waals surface area (Å²) in [5.41, 5.74) is 2.91. The maximum atomic E-state index is 13.3. The molecular formula is C26H25NO5. The first-order valence-corrected chi connectivity index (χ1v) is 10.5. The number of anilines is 1. The predicted octanol–water partition coefficient (Wildman–Crippen LogP) is 4.72. The molecule has 164 valence electrons. The summed E-state index contributed by atoms with van der Waals surface area (Å²) < 4.78 is 16.8. The first-order chi connectivity index (χ1) is 15.5. The van der Waals surface area contributed by atoms with Crippen molar-refractivity contribution < 1.29 is 23.8 Å². The molecule has 4 rings (SSSR count). The van der Waals surface area contributed by atoms with Crippen LogP contribution < -0.4 is 14.4 Å². The Kier molecular flexibility index (Phi) is 6.12. The Hall–Kier alpha value is -3.80. The fourth-order valence-electron chi connectivity index (χ4n) is 3.88. The number of methoxy groups -OCH3 is 1. The molecule has 1 aliphatic rings. The highest BCUT2D eigenvalue weighted by molar-refractivity contribution is 6.06. The van der Waals surface area contributed by atoms with E-state index in [1.54, 1.807) is 43.2 Å². The van der Waals surface area contributed by atoms with Gasteiger partial charge in [-0.05, 0) is 55.8 Å². The Morgan fingerprint density at radius 3 is 2.25 bits per heavy atom. The molecule has 1 fully saturated rings. The molecule has 6 nitrogen and oxygen atoms in total. The number of esters is 1. The Bertz CT molecular complexity index is 1130. The number of hydrogen-bond donors (Lipinski definition) is 0. The Morgan fingerprint density at radius 1 is 0.938 bits per heavy atom. The van der Waals surface area contributed by atoms with E-state index in [0.717, 1.165) is 11.1 Å². The zero-order chi connectivity index (χ0) is 22.7. The van der Waals surface area contributed by atoms with Crippen molar-refractivity contribution in [3.8, 4) is 11.5 Å². The highest BCUT2D eigenvalue weighted by Crippen LogP contribution is 2.44. The Balaban J connectivity index is 1.69. The van der Waals surface area contributed by atoms with Crippen LogP contribution in [0.5, 0.6) is 11.5 Å². The number of ether oxygens (including phenoxy) is 3. The molecule has 0 spiro atoms. The monoisotopic (exact) mass is 431 g/mol. The van der Waals surface area contributed by atoms with Gasteiger partial charge in [-0.15, -0.1) is 0 Å². The van der Waals surface area contributed by atoms with Crippen LogP contribution in [0, 0.1) is 6.92 Å². The SMILES string of the molecule is CCOC(=O)c1ccc(N2C(=O)[C@H](Oc3ccccc3C)[C@@H]2c2ccccc2OC)cc1. The Labute approximate surface area is 187 Å². The number of β-lactam (4-membered cyclic amide) rings is 1. The van der Waals surface area contributed by atoms with Gasteiger partial charge < -0.3 is 14.2 Å². The summed E-state index contributed by atoms with van der Waals surface area (Å²) in [5, 5.41) is 0. The lowest BCUT2D eigenvalue weighted by Gasteiger charge is -2.47. The minimum Gasteiger partial charge on any atom is -0.496 e. The van der Waals surface area contributed by atoms with Crippen LogP contribution in [-0.4, -0.2) is 31.7 Å². The van der Waals surface area contributed by atoms with Crippen molar-refractivity contribution in [2.45, 2.75) is 26.0 Å². The second kappa shape index (κ2) is 9.14. The molecule has 0 unspecified atom stereocenters. The van der Waals surface area contributed by atoms with Crippen LogP contribution >= 0.6 is 0 Å². The predicted molar refractivity (Wildman–Crippen MR) is 121 cm³/mol. The lowest BCUT2D eigenvalue weighted by atomic mass is 9.88. The number of hydrogen-bond acceptors (Lipinski definition) is 5. The summed E-state index contributed by atoms with van der Waals surface area (Å²) in [6.07, 6.45) is -0.697. The van der Waals surface area contributed by atoms with Gasteiger partial charge in [0.1, 0.15) is 17.5 Å². The van der Waals surface area contributed by atoms with E-state index in [1.165, 1.54) is 0 Å². The van der Waals surface area contributed by atoms with E-state index in [1.807, 2.05) is 55.5 Å². The number of carbonyl (C=O) groups excluding carboxylic acids is 2. The Morgan fingerprint density at radius 2 is 1.59 bits per heavy atom. The van der Waals surface area contributed by atoms with Gasteiger partial charge in [-0.25, -0.2) is 4.79 Å².